The highest BCUT2D eigenvalue weighted by Crippen LogP contribution is 2.21. The molecular formula is C23H38N4O2. The van der Waals surface area contributed by atoms with Crippen LogP contribution in [0, 0.1) is 0 Å². The van der Waals surface area contributed by atoms with Crippen molar-refractivity contribution in [3.8, 4) is 0 Å². The lowest BCUT2D eigenvalue weighted by Gasteiger charge is -2.37. The second kappa shape index (κ2) is 10.4. The number of hydrogen-bond donors (Lipinski definition) is 2. The minimum Gasteiger partial charge on any atom is -0.388 e. The fourth-order valence-electron chi connectivity index (χ4n) is 3.94. The summed E-state index contributed by atoms with van der Waals surface area (Å²) in [5, 5.41) is 14.1. The van der Waals surface area contributed by atoms with Crippen LogP contribution in [0.4, 0.5) is 0 Å². The molecule has 0 aliphatic carbocycles. The fraction of sp³-hybridized carbons (Fsp3) is 0.696. The molecule has 2 aliphatic rings. The Balaban J connectivity index is 1.52. The predicted molar refractivity (Wildman–Crippen MR) is 118 cm³/mol. The predicted octanol–water partition coefficient (Wildman–Crippen LogP) is 2.43. The molecule has 2 N–H and O–H groups in total. The molecule has 2 saturated heterocycles. The fourth-order valence-corrected chi connectivity index (χ4v) is 3.94. The standard InChI is InChI=1S/C23H38N4O2/c1-4-24-22(25-18-23(28)9-15-29-16-10-23)27-13-11-26(12-14-27)17-20-5-7-21(8-6-20)19(2)3/h5-8,19,28H,4,9-18H2,1-3H3,(H,24,25). The van der Waals surface area contributed by atoms with Gasteiger partial charge in [-0.2, -0.15) is 0 Å². The third-order valence-corrected chi connectivity index (χ3v) is 6.01. The number of guanidine groups is 1. The number of piperazine rings is 1. The van der Waals surface area contributed by atoms with E-state index in [0.29, 0.717) is 38.5 Å². The van der Waals surface area contributed by atoms with Gasteiger partial charge in [0.1, 0.15) is 0 Å². The van der Waals surface area contributed by atoms with Crippen LogP contribution in [0.2, 0.25) is 0 Å². The zero-order valence-corrected chi connectivity index (χ0v) is 18.4. The quantitative estimate of drug-likeness (QED) is 0.565. The van der Waals surface area contributed by atoms with Gasteiger partial charge in [-0.1, -0.05) is 38.1 Å². The summed E-state index contributed by atoms with van der Waals surface area (Å²) in [6.45, 7) is 14.0. The van der Waals surface area contributed by atoms with Gasteiger partial charge in [-0.25, -0.2) is 0 Å². The molecule has 1 aromatic rings. The molecule has 0 radical (unpaired) electrons. The summed E-state index contributed by atoms with van der Waals surface area (Å²) in [6, 6.07) is 9.05. The van der Waals surface area contributed by atoms with Crippen molar-refractivity contribution >= 4 is 5.96 Å². The average molecular weight is 403 g/mol. The molecule has 1 aromatic carbocycles. The number of benzene rings is 1. The first kappa shape index (κ1) is 22.1. The van der Waals surface area contributed by atoms with Crippen LogP contribution in [0.3, 0.4) is 0 Å². The van der Waals surface area contributed by atoms with Gasteiger partial charge in [-0.05, 0) is 24.0 Å². The Labute approximate surface area is 175 Å². The van der Waals surface area contributed by atoms with Crippen LogP contribution in [0.15, 0.2) is 29.3 Å². The van der Waals surface area contributed by atoms with Crippen molar-refractivity contribution in [2.24, 2.45) is 4.99 Å². The van der Waals surface area contributed by atoms with Crippen LogP contribution in [0.5, 0.6) is 0 Å². The zero-order valence-electron chi connectivity index (χ0n) is 18.4. The van der Waals surface area contributed by atoms with E-state index < -0.39 is 5.60 Å². The molecule has 2 heterocycles. The highest BCUT2D eigenvalue weighted by molar-refractivity contribution is 5.80. The van der Waals surface area contributed by atoms with E-state index in [2.05, 4.69) is 60.2 Å². The molecule has 6 heteroatoms. The third-order valence-electron chi connectivity index (χ3n) is 6.01. The topological polar surface area (TPSA) is 60.3 Å². The second-order valence-electron chi connectivity index (χ2n) is 8.67. The smallest absolute Gasteiger partial charge is 0.194 e. The maximum Gasteiger partial charge on any atom is 0.194 e. The summed E-state index contributed by atoms with van der Waals surface area (Å²) in [5.41, 5.74) is 2.06. The molecule has 0 amide bonds. The Hall–Kier alpha value is -1.63. The van der Waals surface area contributed by atoms with Crippen molar-refractivity contribution in [1.29, 1.82) is 0 Å². The monoisotopic (exact) mass is 402 g/mol. The van der Waals surface area contributed by atoms with E-state index >= 15 is 0 Å². The van der Waals surface area contributed by atoms with Crippen LogP contribution < -0.4 is 5.32 Å². The van der Waals surface area contributed by atoms with Crippen LogP contribution in [-0.4, -0.2) is 78.9 Å². The molecule has 2 aliphatic heterocycles. The molecule has 0 spiro atoms. The zero-order chi connectivity index (χ0) is 20.7. The average Bonchev–Trinajstić information content (AvgIpc) is 2.73. The van der Waals surface area contributed by atoms with Crippen molar-refractivity contribution in [3.05, 3.63) is 35.4 Å². The Morgan fingerprint density at radius 1 is 1.14 bits per heavy atom. The van der Waals surface area contributed by atoms with E-state index in [1.807, 2.05) is 0 Å². The van der Waals surface area contributed by atoms with Crippen LogP contribution in [-0.2, 0) is 11.3 Å². The Morgan fingerprint density at radius 3 is 2.38 bits per heavy atom. The minimum atomic E-state index is -0.719. The minimum absolute atomic E-state index is 0.446. The van der Waals surface area contributed by atoms with E-state index in [9.17, 15) is 5.11 Å². The van der Waals surface area contributed by atoms with Gasteiger partial charge in [0.2, 0.25) is 0 Å². The number of rotatable bonds is 6. The normalized spacial score (nSPS) is 20.9. The molecule has 0 saturated carbocycles. The molecule has 6 nitrogen and oxygen atoms in total. The first-order valence-corrected chi connectivity index (χ1v) is 11.1. The molecule has 0 atom stereocenters. The molecule has 3 rings (SSSR count). The maximum atomic E-state index is 10.7. The van der Waals surface area contributed by atoms with Crippen molar-refractivity contribution in [1.82, 2.24) is 15.1 Å². The lowest BCUT2D eigenvalue weighted by atomic mass is 9.95. The first-order valence-electron chi connectivity index (χ1n) is 11.1. The summed E-state index contributed by atoms with van der Waals surface area (Å²) in [7, 11) is 0. The number of nitrogens with one attached hydrogen (secondary N) is 1. The SMILES string of the molecule is CCNC(=NCC1(O)CCOCC1)N1CCN(Cc2ccc(C(C)C)cc2)CC1. The summed E-state index contributed by atoms with van der Waals surface area (Å²) in [6.07, 6.45) is 1.33. The molecule has 0 unspecified atom stereocenters. The molecule has 0 bridgehead atoms. The van der Waals surface area contributed by atoms with E-state index in [-0.39, 0.29) is 0 Å². The van der Waals surface area contributed by atoms with E-state index in [1.54, 1.807) is 0 Å². The van der Waals surface area contributed by atoms with Gasteiger partial charge in [-0.15, -0.1) is 0 Å². The summed E-state index contributed by atoms with van der Waals surface area (Å²) < 4.78 is 5.37. The Kier molecular flexibility index (Phi) is 7.92. The van der Waals surface area contributed by atoms with Gasteiger partial charge in [-0.3, -0.25) is 9.89 Å². The van der Waals surface area contributed by atoms with Crippen molar-refractivity contribution in [3.63, 3.8) is 0 Å². The molecule has 29 heavy (non-hydrogen) atoms. The summed E-state index contributed by atoms with van der Waals surface area (Å²) in [4.78, 5) is 9.61. The van der Waals surface area contributed by atoms with Gasteiger partial charge < -0.3 is 20.1 Å². The van der Waals surface area contributed by atoms with Gasteiger partial charge in [0.05, 0.1) is 12.1 Å². The van der Waals surface area contributed by atoms with Gasteiger partial charge in [0.15, 0.2) is 5.96 Å². The highest BCUT2D eigenvalue weighted by atomic mass is 16.5. The number of nitrogens with zero attached hydrogens (tertiary/aromatic N) is 3. The maximum absolute atomic E-state index is 10.7. The Bertz CT molecular complexity index is 645. The number of aliphatic hydroxyl groups is 1. The molecule has 2 fully saturated rings. The highest BCUT2D eigenvalue weighted by Gasteiger charge is 2.30. The third kappa shape index (κ3) is 6.43. The van der Waals surface area contributed by atoms with Crippen molar-refractivity contribution in [2.75, 3.05) is 52.5 Å². The van der Waals surface area contributed by atoms with E-state index in [0.717, 1.165) is 45.2 Å². The second-order valence-corrected chi connectivity index (χ2v) is 8.67. The summed E-state index contributed by atoms with van der Waals surface area (Å²) >= 11 is 0. The van der Waals surface area contributed by atoms with E-state index in [1.165, 1.54) is 11.1 Å². The molecule has 0 aromatic heterocycles. The van der Waals surface area contributed by atoms with E-state index in [4.69, 9.17) is 9.73 Å². The number of ether oxygens (including phenoxy) is 1. The largest absolute Gasteiger partial charge is 0.388 e. The van der Waals surface area contributed by atoms with Crippen LogP contribution >= 0.6 is 0 Å². The number of hydrogen-bond acceptors (Lipinski definition) is 4. The summed E-state index contributed by atoms with van der Waals surface area (Å²) in [5.74, 6) is 1.50. The van der Waals surface area contributed by atoms with Crippen molar-refractivity contribution < 1.29 is 9.84 Å². The lowest BCUT2D eigenvalue weighted by Crippen LogP contribution is -2.52. The van der Waals surface area contributed by atoms with Gasteiger partial charge >= 0.3 is 0 Å². The molecule has 162 valence electrons. The van der Waals surface area contributed by atoms with Crippen molar-refractivity contribution in [2.45, 2.75) is 51.7 Å². The van der Waals surface area contributed by atoms with Crippen LogP contribution in [0.25, 0.3) is 0 Å². The number of aliphatic imine (C=N–C) groups is 1. The lowest BCUT2D eigenvalue weighted by molar-refractivity contribution is -0.0567. The van der Waals surface area contributed by atoms with Gasteiger partial charge in [0, 0.05) is 65.3 Å². The molecular weight excluding hydrogens is 364 g/mol. The first-order chi connectivity index (χ1) is 14.0. The van der Waals surface area contributed by atoms with Gasteiger partial charge in [0.25, 0.3) is 0 Å². The van der Waals surface area contributed by atoms with Crippen LogP contribution in [0.1, 0.15) is 50.7 Å². The Morgan fingerprint density at radius 2 is 1.79 bits per heavy atom.